The molecule has 118 valence electrons. The van der Waals surface area contributed by atoms with E-state index in [4.69, 9.17) is 0 Å². The number of hydrogen-bond donors (Lipinski definition) is 0. The van der Waals surface area contributed by atoms with Crippen LogP contribution >= 0.6 is 0 Å². The van der Waals surface area contributed by atoms with Crippen LogP contribution in [-0.4, -0.2) is 7.05 Å². The highest BCUT2D eigenvalue weighted by atomic mass is 15.1. The topological polar surface area (TPSA) is 3.24 Å². The average molecular weight is 295 g/mol. The van der Waals surface area contributed by atoms with Crippen molar-refractivity contribution in [2.45, 2.75) is 53.9 Å². The van der Waals surface area contributed by atoms with Crippen LogP contribution in [0.25, 0.3) is 0 Å². The molecule has 2 aromatic carbocycles. The van der Waals surface area contributed by atoms with Crippen LogP contribution < -0.4 is 4.90 Å². The summed E-state index contributed by atoms with van der Waals surface area (Å²) in [6, 6.07) is 11.2. The van der Waals surface area contributed by atoms with Crippen molar-refractivity contribution in [2.24, 2.45) is 0 Å². The van der Waals surface area contributed by atoms with E-state index >= 15 is 0 Å². The van der Waals surface area contributed by atoms with Gasteiger partial charge in [0.25, 0.3) is 0 Å². The summed E-state index contributed by atoms with van der Waals surface area (Å²) in [7, 11) is 2.16. The number of hydrogen-bond acceptors (Lipinski definition) is 1. The molecule has 0 spiro atoms. The zero-order chi connectivity index (χ0) is 16.7. The molecule has 0 atom stereocenters. The summed E-state index contributed by atoms with van der Waals surface area (Å²) in [5, 5.41) is 0. The number of rotatable bonds is 2. The monoisotopic (exact) mass is 295 g/mol. The minimum Gasteiger partial charge on any atom is -0.344 e. The smallest absolute Gasteiger partial charge is 0.0443 e. The lowest BCUT2D eigenvalue weighted by atomic mass is 9.87. The first-order chi connectivity index (χ1) is 10.1. The minimum atomic E-state index is 0.198. The number of nitrogens with zero attached hydrogens (tertiary/aromatic N) is 1. The Morgan fingerprint density at radius 2 is 1.32 bits per heavy atom. The third-order valence-corrected chi connectivity index (χ3v) is 4.94. The van der Waals surface area contributed by atoms with Gasteiger partial charge in [0.05, 0.1) is 0 Å². The molecule has 0 saturated heterocycles. The van der Waals surface area contributed by atoms with Crippen LogP contribution in [0, 0.1) is 27.7 Å². The van der Waals surface area contributed by atoms with Crippen molar-refractivity contribution in [1.29, 1.82) is 0 Å². The largest absolute Gasteiger partial charge is 0.344 e. The second-order valence-electron chi connectivity index (χ2n) is 7.44. The standard InChI is InChI=1S/C21H29N/c1-14-13-20(17(4)16(3)15(14)2)22(8)19-11-9-18(10-12-19)21(5,6)7/h9-13H,1-8H3. The molecule has 0 unspecified atom stereocenters. The molecule has 0 amide bonds. The molecule has 0 aliphatic rings. The van der Waals surface area contributed by atoms with Gasteiger partial charge in [-0.3, -0.25) is 0 Å². The number of anilines is 2. The molecular formula is C21H29N. The van der Waals surface area contributed by atoms with Crippen LogP contribution in [0.3, 0.4) is 0 Å². The highest BCUT2D eigenvalue weighted by Crippen LogP contribution is 2.33. The van der Waals surface area contributed by atoms with Crippen molar-refractivity contribution >= 4 is 11.4 Å². The molecule has 2 rings (SSSR count). The van der Waals surface area contributed by atoms with E-state index in [9.17, 15) is 0 Å². The van der Waals surface area contributed by atoms with Crippen molar-refractivity contribution in [2.75, 3.05) is 11.9 Å². The third-order valence-electron chi connectivity index (χ3n) is 4.94. The summed E-state index contributed by atoms with van der Waals surface area (Å²) in [6.07, 6.45) is 0. The first-order valence-electron chi connectivity index (χ1n) is 8.04. The Labute approximate surface area is 136 Å². The molecule has 0 aliphatic carbocycles. The average Bonchev–Trinajstić information content (AvgIpc) is 2.47. The van der Waals surface area contributed by atoms with Gasteiger partial charge in [-0.05, 0) is 79.1 Å². The fourth-order valence-corrected chi connectivity index (χ4v) is 2.86. The summed E-state index contributed by atoms with van der Waals surface area (Å²) >= 11 is 0. The molecule has 0 fully saturated rings. The first-order valence-corrected chi connectivity index (χ1v) is 8.04. The lowest BCUT2D eigenvalue weighted by molar-refractivity contribution is 0.590. The predicted octanol–water partition coefficient (Wildman–Crippen LogP) is 5.99. The summed E-state index contributed by atoms with van der Waals surface area (Å²) in [5.41, 5.74) is 9.62. The van der Waals surface area contributed by atoms with Crippen molar-refractivity contribution in [1.82, 2.24) is 0 Å². The van der Waals surface area contributed by atoms with E-state index in [1.165, 1.54) is 39.2 Å². The molecule has 1 heteroatoms. The summed E-state index contributed by atoms with van der Waals surface area (Å²) in [6.45, 7) is 15.6. The Bertz CT molecular complexity index is 673. The summed E-state index contributed by atoms with van der Waals surface area (Å²) in [5.74, 6) is 0. The zero-order valence-corrected chi connectivity index (χ0v) is 15.3. The maximum Gasteiger partial charge on any atom is 0.0443 e. The van der Waals surface area contributed by atoms with Crippen molar-refractivity contribution in [3.8, 4) is 0 Å². The first kappa shape index (κ1) is 16.6. The molecule has 0 aromatic heterocycles. The van der Waals surface area contributed by atoms with Gasteiger partial charge in [0.15, 0.2) is 0 Å². The maximum absolute atomic E-state index is 2.30. The Kier molecular flexibility index (Phi) is 4.37. The second-order valence-corrected chi connectivity index (χ2v) is 7.44. The van der Waals surface area contributed by atoms with Gasteiger partial charge in [-0.2, -0.15) is 0 Å². The molecule has 0 bridgehead atoms. The quantitative estimate of drug-likeness (QED) is 0.658. The predicted molar refractivity (Wildman–Crippen MR) is 98.6 cm³/mol. The Balaban J connectivity index is 2.43. The van der Waals surface area contributed by atoms with Crippen LogP contribution in [0.5, 0.6) is 0 Å². The van der Waals surface area contributed by atoms with E-state index in [0.717, 1.165) is 0 Å². The molecular weight excluding hydrogens is 266 g/mol. The second kappa shape index (κ2) is 5.79. The van der Waals surface area contributed by atoms with E-state index in [-0.39, 0.29) is 5.41 Å². The van der Waals surface area contributed by atoms with Gasteiger partial charge in [-0.15, -0.1) is 0 Å². The molecule has 22 heavy (non-hydrogen) atoms. The van der Waals surface area contributed by atoms with Gasteiger partial charge < -0.3 is 4.90 Å². The van der Waals surface area contributed by atoms with Gasteiger partial charge in [0.2, 0.25) is 0 Å². The van der Waals surface area contributed by atoms with Gasteiger partial charge in [0, 0.05) is 18.4 Å². The molecule has 2 aromatic rings. The fraction of sp³-hybridized carbons (Fsp3) is 0.429. The Hall–Kier alpha value is -1.76. The lowest BCUT2D eigenvalue weighted by Gasteiger charge is -2.26. The van der Waals surface area contributed by atoms with Gasteiger partial charge in [-0.1, -0.05) is 32.9 Å². The fourth-order valence-electron chi connectivity index (χ4n) is 2.86. The van der Waals surface area contributed by atoms with Crippen LogP contribution in [0.2, 0.25) is 0 Å². The van der Waals surface area contributed by atoms with Crippen molar-refractivity contribution < 1.29 is 0 Å². The molecule has 0 aliphatic heterocycles. The van der Waals surface area contributed by atoms with E-state index < -0.39 is 0 Å². The lowest BCUT2D eigenvalue weighted by Crippen LogP contribution is -2.14. The number of aryl methyl sites for hydroxylation is 1. The third kappa shape index (κ3) is 3.04. The van der Waals surface area contributed by atoms with Gasteiger partial charge in [-0.25, -0.2) is 0 Å². The number of benzene rings is 2. The van der Waals surface area contributed by atoms with E-state index in [2.05, 4.69) is 90.7 Å². The Morgan fingerprint density at radius 3 is 1.82 bits per heavy atom. The normalized spacial score (nSPS) is 11.6. The van der Waals surface area contributed by atoms with Gasteiger partial charge >= 0.3 is 0 Å². The molecule has 0 heterocycles. The van der Waals surface area contributed by atoms with Gasteiger partial charge in [0.1, 0.15) is 0 Å². The molecule has 0 N–H and O–H groups in total. The van der Waals surface area contributed by atoms with E-state index in [1.807, 2.05) is 0 Å². The van der Waals surface area contributed by atoms with E-state index in [1.54, 1.807) is 0 Å². The molecule has 1 nitrogen and oxygen atoms in total. The summed E-state index contributed by atoms with van der Waals surface area (Å²) in [4.78, 5) is 2.29. The van der Waals surface area contributed by atoms with Crippen molar-refractivity contribution in [3.63, 3.8) is 0 Å². The maximum atomic E-state index is 2.30. The van der Waals surface area contributed by atoms with Crippen molar-refractivity contribution in [3.05, 3.63) is 58.1 Å². The highest BCUT2D eigenvalue weighted by molar-refractivity contribution is 5.69. The summed E-state index contributed by atoms with van der Waals surface area (Å²) < 4.78 is 0. The molecule has 0 radical (unpaired) electrons. The van der Waals surface area contributed by atoms with Crippen LogP contribution in [-0.2, 0) is 5.41 Å². The minimum absolute atomic E-state index is 0.198. The van der Waals surface area contributed by atoms with E-state index in [0.29, 0.717) is 0 Å². The molecule has 0 saturated carbocycles. The highest BCUT2D eigenvalue weighted by Gasteiger charge is 2.15. The van der Waals surface area contributed by atoms with Crippen LogP contribution in [0.1, 0.15) is 48.6 Å². The zero-order valence-electron chi connectivity index (χ0n) is 15.3. The SMILES string of the molecule is Cc1cc(N(C)c2ccc(C(C)(C)C)cc2)c(C)c(C)c1C. The van der Waals surface area contributed by atoms with Crippen LogP contribution in [0.15, 0.2) is 30.3 Å². The van der Waals surface area contributed by atoms with Crippen LogP contribution in [0.4, 0.5) is 11.4 Å². The Morgan fingerprint density at radius 1 is 0.773 bits per heavy atom.